The van der Waals surface area contributed by atoms with Crippen molar-refractivity contribution >= 4 is 11.6 Å². The number of carbonyl (C=O) groups excluding carboxylic acids is 1. The lowest BCUT2D eigenvalue weighted by atomic mass is 9.97. The van der Waals surface area contributed by atoms with E-state index >= 15 is 0 Å². The third-order valence-corrected chi connectivity index (χ3v) is 3.49. The van der Waals surface area contributed by atoms with Gasteiger partial charge < -0.3 is 10.2 Å². The molecule has 1 amide bonds. The summed E-state index contributed by atoms with van der Waals surface area (Å²) in [4.78, 5) is 14.1. The molecule has 1 aromatic rings. The minimum absolute atomic E-state index is 0.168. The van der Waals surface area contributed by atoms with Gasteiger partial charge in [0.1, 0.15) is 0 Å². The number of hydrogen-bond acceptors (Lipinski definition) is 2. The molecule has 0 spiro atoms. The van der Waals surface area contributed by atoms with Crippen LogP contribution in [0, 0.1) is 5.92 Å². The van der Waals surface area contributed by atoms with Gasteiger partial charge in [-0.25, -0.2) is 0 Å². The molecule has 2 rings (SSSR count). The summed E-state index contributed by atoms with van der Waals surface area (Å²) in [6.45, 7) is 1.50. The molecule has 1 heterocycles. The largest absolute Gasteiger partial charge is 0.418 e. The van der Waals surface area contributed by atoms with E-state index in [1.807, 2.05) is 11.9 Å². The molecule has 3 nitrogen and oxygen atoms in total. The lowest BCUT2D eigenvalue weighted by Crippen LogP contribution is -2.38. The minimum Gasteiger partial charge on any atom is -0.325 e. The molecule has 0 bridgehead atoms. The number of hydrogen-bond donors (Lipinski definition) is 1. The maximum Gasteiger partial charge on any atom is 0.418 e. The van der Waals surface area contributed by atoms with Gasteiger partial charge in [-0.05, 0) is 38.6 Å². The molecular formula is C14H17F3N2O. The highest BCUT2D eigenvalue weighted by atomic mass is 19.4. The zero-order valence-electron chi connectivity index (χ0n) is 11.2. The van der Waals surface area contributed by atoms with Crippen LogP contribution in [0.1, 0.15) is 18.4 Å². The van der Waals surface area contributed by atoms with Crippen LogP contribution in [0.25, 0.3) is 0 Å². The summed E-state index contributed by atoms with van der Waals surface area (Å²) in [7, 11) is 1.91. The highest BCUT2D eigenvalue weighted by Crippen LogP contribution is 2.34. The van der Waals surface area contributed by atoms with Crippen molar-refractivity contribution < 1.29 is 18.0 Å². The molecule has 1 saturated heterocycles. The number of carbonyl (C=O) groups is 1. The van der Waals surface area contributed by atoms with Gasteiger partial charge in [-0.1, -0.05) is 12.1 Å². The van der Waals surface area contributed by atoms with E-state index in [9.17, 15) is 18.0 Å². The Morgan fingerprint density at radius 3 is 2.70 bits per heavy atom. The molecule has 1 atom stereocenters. The van der Waals surface area contributed by atoms with Gasteiger partial charge in [0.2, 0.25) is 5.91 Å². The summed E-state index contributed by atoms with van der Waals surface area (Å²) >= 11 is 0. The van der Waals surface area contributed by atoms with E-state index in [0.29, 0.717) is 13.0 Å². The summed E-state index contributed by atoms with van der Waals surface area (Å²) in [5, 5.41) is 2.42. The normalized spacial score (nSPS) is 20.7. The third-order valence-electron chi connectivity index (χ3n) is 3.49. The second-order valence-electron chi connectivity index (χ2n) is 5.13. The van der Waals surface area contributed by atoms with Crippen molar-refractivity contribution in [3.63, 3.8) is 0 Å². The van der Waals surface area contributed by atoms with Gasteiger partial charge in [-0.2, -0.15) is 13.2 Å². The predicted molar refractivity (Wildman–Crippen MR) is 70.3 cm³/mol. The molecule has 1 N–H and O–H groups in total. The summed E-state index contributed by atoms with van der Waals surface area (Å²) in [5.41, 5.74) is -0.976. The number of anilines is 1. The SMILES string of the molecule is CN1CCC[C@@H](C(=O)Nc2ccccc2C(F)(F)F)C1. The maximum atomic E-state index is 12.8. The summed E-state index contributed by atoms with van der Waals surface area (Å²) < 4.78 is 38.5. The Balaban J connectivity index is 2.12. The van der Waals surface area contributed by atoms with Gasteiger partial charge in [0, 0.05) is 6.54 Å². The molecule has 0 unspecified atom stereocenters. The number of para-hydroxylation sites is 1. The Labute approximate surface area is 115 Å². The zero-order chi connectivity index (χ0) is 14.8. The van der Waals surface area contributed by atoms with Gasteiger partial charge in [-0.3, -0.25) is 4.79 Å². The Morgan fingerprint density at radius 1 is 1.35 bits per heavy atom. The quantitative estimate of drug-likeness (QED) is 0.906. The Kier molecular flexibility index (Phi) is 4.32. The van der Waals surface area contributed by atoms with Crippen molar-refractivity contribution in [3.05, 3.63) is 29.8 Å². The Hall–Kier alpha value is -1.56. The highest BCUT2D eigenvalue weighted by molar-refractivity contribution is 5.93. The van der Waals surface area contributed by atoms with E-state index in [-0.39, 0.29) is 17.5 Å². The first-order chi connectivity index (χ1) is 9.38. The fraction of sp³-hybridized carbons (Fsp3) is 0.500. The minimum atomic E-state index is -4.47. The van der Waals surface area contributed by atoms with Crippen LogP contribution in [0.5, 0.6) is 0 Å². The lowest BCUT2D eigenvalue weighted by molar-refractivity contribution is -0.137. The standard InChI is InChI=1S/C14H17F3N2O/c1-19-8-4-5-10(9-19)13(20)18-12-7-3-2-6-11(12)14(15,16)17/h2-3,6-7,10H,4-5,8-9H2,1H3,(H,18,20)/t10-/m1/s1. The van der Waals surface area contributed by atoms with E-state index in [4.69, 9.17) is 0 Å². The lowest BCUT2D eigenvalue weighted by Gasteiger charge is -2.29. The molecule has 1 aromatic carbocycles. The first kappa shape index (κ1) is 14.8. The number of rotatable bonds is 2. The van der Waals surface area contributed by atoms with Gasteiger partial charge in [0.25, 0.3) is 0 Å². The number of nitrogens with one attached hydrogen (secondary N) is 1. The monoisotopic (exact) mass is 286 g/mol. The van der Waals surface area contributed by atoms with E-state index in [1.54, 1.807) is 0 Å². The smallest absolute Gasteiger partial charge is 0.325 e. The summed E-state index contributed by atoms with van der Waals surface area (Å²) in [6.07, 6.45) is -2.87. The van der Waals surface area contributed by atoms with E-state index in [0.717, 1.165) is 19.0 Å². The van der Waals surface area contributed by atoms with Crippen LogP contribution in [-0.4, -0.2) is 30.9 Å². The molecule has 0 aromatic heterocycles. The van der Waals surface area contributed by atoms with Gasteiger partial charge in [-0.15, -0.1) is 0 Å². The van der Waals surface area contributed by atoms with Crippen LogP contribution < -0.4 is 5.32 Å². The van der Waals surface area contributed by atoms with Crippen LogP contribution >= 0.6 is 0 Å². The van der Waals surface area contributed by atoms with Crippen LogP contribution in [0.3, 0.4) is 0 Å². The Bertz CT molecular complexity index is 488. The van der Waals surface area contributed by atoms with Crippen molar-refractivity contribution in [2.75, 3.05) is 25.5 Å². The maximum absolute atomic E-state index is 12.8. The molecule has 20 heavy (non-hydrogen) atoms. The van der Waals surface area contributed by atoms with Crippen LogP contribution in [0.15, 0.2) is 24.3 Å². The zero-order valence-corrected chi connectivity index (χ0v) is 11.2. The average molecular weight is 286 g/mol. The molecule has 0 saturated carbocycles. The van der Waals surface area contributed by atoms with Gasteiger partial charge in [0.05, 0.1) is 17.2 Å². The van der Waals surface area contributed by atoms with Crippen molar-refractivity contribution in [2.24, 2.45) is 5.92 Å². The molecule has 0 radical (unpaired) electrons. The second kappa shape index (κ2) is 5.83. The predicted octanol–water partition coefficient (Wildman–Crippen LogP) is 2.99. The van der Waals surface area contributed by atoms with E-state index < -0.39 is 11.7 Å². The van der Waals surface area contributed by atoms with Crippen molar-refractivity contribution in [2.45, 2.75) is 19.0 Å². The number of alkyl halides is 3. The molecule has 110 valence electrons. The van der Waals surface area contributed by atoms with Crippen molar-refractivity contribution in [3.8, 4) is 0 Å². The summed E-state index contributed by atoms with van der Waals surface area (Å²) in [5.74, 6) is -0.594. The number of halogens is 3. The molecular weight excluding hydrogens is 269 g/mol. The second-order valence-corrected chi connectivity index (χ2v) is 5.13. The van der Waals surface area contributed by atoms with Gasteiger partial charge >= 0.3 is 6.18 Å². The molecule has 1 aliphatic heterocycles. The number of amides is 1. The number of piperidine rings is 1. The van der Waals surface area contributed by atoms with E-state index in [1.165, 1.54) is 18.2 Å². The fourth-order valence-electron chi connectivity index (χ4n) is 2.45. The summed E-state index contributed by atoms with van der Waals surface area (Å²) in [6, 6.07) is 5.06. The number of benzene rings is 1. The molecule has 6 heteroatoms. The highest BCUT2D eigenvalue weighted by Gasteiger charge is 2.34. The molecule has 0 aliphatic carbocycles. The average Bonchev–Trinajstić information content (AvgIpc) is 2.38. The first-order valence-corrected chi connectivity index (χ1v) is 6.53. The molecule has 1 aliphatic rings. The van der Waals surface area contributed by atoms with E-state index in [2.05, 4.69) is 5.32 Å². The van der Waals surface area contributed by atoms with Crippen LogP contribution in [0.2, 0.25) is 0 Å². The van der Waals surface area contributed by atoms with Gasteiger partial charge in [0.15, 0.2) is 0 Å². The molecule has 1 fully saturated rings. The number of likely N-dealkylation sites (tertiary alicyclic amines) is 1. The van der Waals surface area contributed by atoms with Crippen LogP contribution in [-0.2, 0) is 11.0 Å². The topological polar surface area (TPSA) is 32.3 Å². The fourth-order valence-corrected chi connectivity index (χ4v) is 2.45. The van der Waals surface area contributed by atoms with Crippen molar-refractivity contribution in [1.82, 2.24) is 4.90 Å². The van der Waals surface area contributed by atoms with Crippen LogP contribution in [0.4, 0.5) is 18.9 Å². The Morgan fingerprint density at radius 2 is 2.05 bits per heavy atom. The third kappa shape index (κ3) is 3.50. The van der Waals surface area contributed by atoms with Crippen molar-refractivity contribution in [1.29, 1.82) is 0 Å². The first-order valence-electron chi connectivity index (χ1n) is 6.53. The number of nitrogens with zero attached hydrogens (tertiary/aromatic N) is 1.